The van der Waals surface area contributed by atoms with E-state index in [4.69, 9.17) is 4.74 Å². The molecule has 0 bridgehead atoms. The SMILES string of the molecule is Cc1ccccc1OCC(=O)NCCn1nc(-c2cccs2)ccc1=O. The van der Waals surface area contributed by atoms with Gasteiger partial charge >= 0.3 is 0 Å². The van der Waals surface area contributed by atoms with Gasteiger partial charge in [-0.05, 0) is 36.1 Å². The fourth-order valence-corrected chi connectivity index (χ4v) is 3.07. The van der Waals surface area contributed by atoms with Crippen molar-refractivity contribution in [1.82, 2.24) is 15.1 Å². The van der Waals surface area contributed by atoms with E-state index in [1.165, 1.54) is 10.7 Å². The Kier molecular flexibility index (Phi) is 5.80. The number of rotatable bonds is 7. The molecule has 1 amide bonds. The number of para-hydroxylation sites is 1. The number of aryl methyl sites for hydroxylation is 1. The number of nitrogens with zero attached hydrogens (tertiary/aromatic N) is 2. The van der Waals surface area contributed by atoms with Crippen LogP contribution in [0.2, 0.25) is 0 Å². The van der Waals surface area contributed by atoms with E-state index in [9.17, 15) is 9.59 Å². The van der Waals surface area contributed by atoms with Gasteiger partial charge in [0, 0.05) is 12.6 Å². The van der Waals surface area contributed by atoms with E-state index in [-0.39, 0.29) is 18.1 Å². The number of benzene rings is 1. The number of hydrogen-bond acceptors (Lipinski definition) is 5. The second-order valence-corrected chi connectivity index (χ2v) is 6.61. The third kappa shape index (κ3) is 4.58. The highest BCUT2D eigenvalue weighted by molar-refractivity contribution is 7.13. The van der Waals surface area contributed by atoms with Crippen LogP contribution < -0.4 is 15.6 Å². The Morgan fingerprint density at radius 2 is 2.04 bits per heavy atom. The Balaban J connectivity index is 1.51. The van der Waals surface area contributed by atoms with E-state index in [2.05, 4.69) is 10.4 Å². The standard InChI is InChI=1S/C19H19N3O3S/c1-14-5-2-3-6-16(14)25-13-18(23)20-10-11-22-19(24)9-8-15(21-22)17-7-4-12-26-17/h2-9,12H,10-11,13H2,1H3,(H,20,23). The van der Waals surface area contributed by atoms with Crippen molar-refractivity contribution in [3.8, 4) is 16.3 Å². The monoisotopic (exact) mass is 369 g/mol. The van der Waals surface area contributed by atoms with Crippen molar-refractivity contribution in [1.29, 1.82) is 0 Å². The zero-order chi connectivity index (χ0) is 18.4. The first kappa shape index (κ1) is 17.9. The molecule has 2 heterocycles. The number of hydrogen-bond donors (Lipinski definition) is 1. The van der Waals surface area contributed by atoms with Gasteiger partial charge in [-0.1, -0.05) is 24.3 Å². The van der Waals surface area contributed by atoms with Crippen LogP contribution in [-0.4, -0.2) is 28.8 Å². The molecule has 0 unspecified atom stereocenters. The molecule has 0 atom stereocenters. The molecule has 0 saturated heterocycles. The highest BCUT2D eigenvalue weighted by Crippen LogP contribution is 2.21. The van der Waals surface area contributed by atoms with Crippen molar-refractivity contribution in [2.45, 2.75) is 13.5 Å². The highest BCUT2D eigenvalue weighted by atomic mass is 32.1. The molecule has 26 heavy (non-hydrogen) atoms. The average molecular weight is 369 g/mol. The van der Waals surface area contributed by atoms with Gasteiger partial charge in [0.25, 0.3) is 11.5 Å². The predicted molar refractivity (Wildman–Crippen MR) is 101 cm³/mol. The fraction of sp³-hybridized carbons (Fsp3) is 0.211. The summed E-state index contributed by atoms with van der Waals surface area (Å²) >= 11 is 1.56. The zero-order valence-electron chi connectivity index (χ0n) is 14.3. The van der Waals surface area contributed by atoms with Crippen LogP contribution in [0.5, 0.6) is 5.75 Å². The number of carbonyl (C=O) groups excluding carboxylic acids is 1. The van der Waals surface area contributed by atoms with Crippen molar-refractivity contribution >= 4 is 17.2 Å². The number of carbonyl (C=O) groups is 1. The molecule has 0 aliphatic rings. The normalized spacial score (nSPS) is 10.5. The van der Waals surface area contributed by atoms with Gasteiger partial charge in [0.05, 0.1) is 11.4 Å². The first-order chi connectivity index (χ1) is 12.6. The molecule has 2 aromatic heterocycles. The van der Waals surface area contributed by atoms with Crippen LogP contribution in [0.3, 0.4) is 0 Å². The van der Waals surface area contributed by atoms with Gasteiger partial charge in [0.1, 0.15) is 11.4 Å². The minimum absolute atomic E-state index is 0.0670. The summed E-state index contributed by atoms with van der Waals surface area (Å²) in [6.07, 6.45) is 0. The van der Waals surface area contributed by atoms with Gasteiger partial charge < -0.3 is 10.1 Å². The van der Waals surface area contributed by atoms with Crippen LogP contribution in [0.4, 0.5) is 0 Å². The maximum atomic E-state index is 11.9. The first-order valence-electron chi connectivity index (χ1n) is 8.20. The summed E-state index contributed by atoms with van der Waals surface area (Å²) in [5, 5.41) is 9.05. The smallest absolute Gasteiger partial charge is 0.266 e. The van der Waals surface area contributed by atoms with Crippen molar-refractivity contribution in [3.63, 3.8) is 0 Å². The van der Waals surface area contributed by atoms with E-state index in [1.54, 1.807) is 17.4 Å². The van der Waals surface area contributed by atoms with Crippen LogP contribution in [0.25, 0.3) is 10.6 Å². The lowest BCUT2D eigenvalue weighted by atomic mass is 10.2. The number of aromatic nitrogens is 2. The van der Waals surface area contributed by atoms with Crippen LogP contribution >= 0.6 is 11.3 Å². The number of ether oxygens (including phenoxy) is 1. The lowest BCUT2D eigenvalue weighted by Gasteiger charge is -2.10. The van der Waals surface area contributed by atoms with Gasteiger partial charge in [-0.3, -0.25) is 9.59 Å². The maximum absolute atomic E-state index is 11.9. The third-order valence-corrected chi connectivity index (χ3v) is 4.63. The van der Waals surface area contributed by atoms with Crippen molar-refractivity contribution in [3.05, 3.63) is 69.8 Å². The molecule has 1 N–H and O–H groups in total. The van der Waals surface area contributed by atoms with Crippen LogP contribution in [0.15, 0.2) is 58.7 Å². The van der Waals surface area contributed by atoms with E-state index >= 15 is 0 Å². The summed E-state index contributed by atoms with van der Waals surface area (Å²) in [6, 6.07) is 14.6. The van der Waals surface area contributed by atoms with Crippen LogP contribution in [-0.2, 0) is 11.3 Å². The summed E-state index contributed by atoms with van der Waals surface area (Å²) in [4.78, 5) is 24.8. The minimum Gasteiger partial charge on any atom is -0.484 e. The molecule has 3 rings (SSSR count). The fourth-order valence-electron chi connectivity index (χ4n) is 2.38. The molecule has 0 radical (unpaired) electrons. The number of thiophene rings is 1. The molecule has 0 aliphatic heterocycles. The van der Waals surface area contributed by atoms with Crippen molar-refractivity contribution in [2.75, 3.05) is 13.2 Å². The van der Waals surface area contributed by atoms with E-state index in [1.807, 2.05) is 48.7 Å². The summed E-state index contributed by atoms with van der Waals surface area (Å²) in [5.74, 6) is 0.444. The Morgan fingerprint density at radius 3 is 2.81 bits per heavy atom. The van der Waals surface area contributed by atoms with Crippen LogP contribution in [0, 0.1) is 6.92 Å². The lowest BCUT2D eigenvalue weighted by Crippen LogP contribution is -2.34. The first-order valence-corrected chi connectivity index (χ1v) is 9.08. The van der Waals surface area contributed by atoms with E-state index in [0.717, 1.165) is 16.1 Å². The summed E-state index contributed by atoms with van der Waals surface area (Å²) < 4.78 is 6.86. The van der Waals surface area contributed by atoms with E-state index in [0.29, 0.717) is 18.8 Å². The molecule has 134 valence electrons. The molecule has 0 fully saturated rings. The van der Waals surface area contributed by atoms with E-state index < -0.39 is 0 Å². The zero-order valence-corrected chi connectivity index (χ0v) is 15.2. The number of nitrogens with one attached hydrogen (secondary N) is 1. The Hall–Kier alpha value is -2.93. The second kappa shape index (κ2) is 8.44. The van der Waals surface area contributed by atoms with Gasteiger partial charge in [-0.15, -0.1) is 11.3 Å². The quantitative estimate of drug-likeness (QED) is 0.694. The molecule has 0 saturated carbocycles. The molecule has 6 nitrogen and oxygen atoms in total. The predicted octanol–water partition coefficient (Wildman–Crippen LogP) is 2.48. The van der Waals surface area contributed by atoms with Crippen molar-refractivity contribution in [2.24, 2.45) is 0 Å². The Labute approximate surface area is 155 Å². The van der Waals surface area contributed by atoms with Gasteiger partial charge in [0.15, 0.2) is 6.61 Å². The summed E-state index contributed by atoms with van der Waals surface area (Å²) in [5.41, 5.74) is 1.52. The van der Waals surface area contributed by atoms with Gasteiger partial charge in [0.2, 0.25) is 0 Å². The third-order valence-electron chi connectivity index (χ3n) is 3.74. The molecule has 3 aromatic rings. The molecule has 0 aliphatic carbocycles. The summed E-state index contributed by atoms with van der Waals surface area (Å²) in [7, 11) is 0. The molecular formula is C19H19N3O3S. The second-order valence-electron chi connectivity index (χ2n) is 5.66. The summed E-state index contributed by atoms with van der Waals surface area (Å²) in [6.45, 7) is 2.46. The molecular weight excluding hydrogens is 350 g/mol. The van der Waals surface area contributed by atoms with Gasteiger partial charge in [-0.2, -0.15) is 5.10 Å². The molecule has 1 aromatic carbocycles. The number of amides is 1. The topological polar surface area (TPSA) is 73.2 Å². The van der Waals surface area contributed by atoms with Crippen molar-refractivity contribution < 1.29 is 9.53 Å². The highest BCUT2D eigenvalue weighted by Gasteiger charge is 2.07. The maximum Gasteiger partial charge on any atom is 0.266 e. The molecule has 7 heteroatoms. The lowest BCUT2D eigenvalue weighted by molar-refractivity contribution is -0.123. The molecule has 0 spiro atoms. The average Bonchev–Trinajstić information content (AvgIpc) is 3.17. The van der Waals surface area contributed by atoms with Crippen LogP contribution in [0.1, 0.15) is 5.56 Å². The largest absolute Gasteiger partial charge is 0.484 e. The van der Waals surface area contributed by atoms with Gasteiger partial charge in [-0.25, -0.2) is 4.68 Å². The Bertz CT molecular complexity index is 935. The Morgan fingerprint density at radius 1 is 1.19 bits per heavy atom. The minimum atomic E-state index is -0.240.